The van der Waals surface area contributed by atoms with Gasteiger partial charge in [-0.3, -0.25) is 14.9 Å². The molecule has 7 heteroatoms. The van der Waals surface area contributed by atoms with Gasteiger partial charge in [0.2, 0.25) is 0 Å². The third-order valence-corrected chi connectivity index (χ3v) is 6.62. The lowest BCUT2D eigenvalue weighted by molar-refractivity contribution is 0.0626. The number of hydrogen-bond donors (Lipinski definition) is 2. The third-order valence-electron chi connectivity index (χ3n) is 5.67. The molecule has 0 spiro atoms. The number of halogens is 1. The predicted octanol–water partition coefficient (Wildman–Crippen LogP) is 3.16. The highest BCUT2D eigenvalue weighted by Crippen LogP contribution is 2.34. The molecule has 0 bridgehead atoms. The molecule has 1 saturated carbocycles. The smallest absolute Gasteiger partial charge is 0.191 e. The number of nitrogens with zero attached hydrogens (tertiary/aromatic N) is 3. The van der Waals surface area contributed by atoms with Crippen LogP contribution in [0.1, 0.15) is 37.8 Å². The van der Waals surface area contributed by atoms with Gasteiger partial charge in [0.15, 0.2) is 5.96 Å². The monoisotopic (exact) mass is 503 g/mol. The average molecular weight is 503 g/mol. The molecule has 1 aromatic rings. The highest BCUT2D eigenvalue weighted by atomic mass is 127. The summed E-state index contributed by atoms with van der Waals surface area (Å²) in [4.78, 5) is 11.6. The highest BCUT2D eigenvalue weighted by Gasteiger charge is 2.38. The molecule has 2 aliphatic rings. The molecule has 0 radical (unpaired) electrons. The van der Waals surface area contributed by atoms with Crippen LogP contribution in [-0.4, -0.2) is 66.1 Å². The fourth-order valence-electron chi connectivity index (χ4n) is 4.18. The molecule has 1 aromatic heterocycles. The lowest BCUT2D eigenvalue weighted by atomic mass is 9.80. The minimum Gasteiger partial charge on any atom is -0.356 e. The molecule has 0 aromatic carbocycles. The molecule has 0 unspecified atom stereocenters. The van der Waals surface area contributed by atoms with E-state index in [2.05, 4.69) is 43.3 Å². The summed E-state index contributed by atoms with van der Waals surface area (Å²) >= 11 is 2.10. The van der Waals surface area contributed by atoms with Crippen molar-refractivity contribution in [2.75, 3.05) is 44.7 Å². The standard InChI is InChI=1S/C20H33N5S.HI/c1-21-19(23-12-8-18-7-3-6-11-22-18)24-17-20(9-4-2-5-10-20)25-13-15-26-16-14-25;/h3,6-7,11H,2,4-5,8-10,12-17H2,1H3,(H2,21,23,24);1H. The number of pyridine rings is 1. The van der Waals surface area contributed by atoms with Crippen LogP contribution in [0.15, 0.2) is 29.4 Å². The normalized spacial score (nSPS) is 20.6. The van der Waals surface area contributed by atoms with Crippen LogP contribution in [0.5, 0.6) is 0 Å². The molecule has 3 rings (SSSR count). The fraction of sp³-hybridized carbons (Fsp3) is 0.700. The van der Waals surface area contributed by atoms with Crippen molar-refractivity contribution in [3.63, 3.8) is 0 Å². The molecule has 0 amide bonds. The van der Waals surface area contributed by atoms with Crippen LogP contribution in [0.25, 0.3) is 0 Å². The van der Waals surface area contributed by atoms with E-state index in [1.165, 1.54) is 56.7 Å². The number of nitrogens with one attached hydrogen (secondary N) is 2. The molecular weight excluding hydrogens is 469 g/mol. The topological polar surface area (TPSA) is 52.6 Å². The Balaban J connectivity index is 0.00000261. The zero-order valence-electron chi connectivity index (χ0n) is 16.5. The van der Waals surface area contributed by atoms with Gasteiger partial charge < -0.3 is 10.6 Å². The number of aliphatic imine (C=N–C) groups is 1. The number of hydrogen-bond acceptors (Lipinski definition) is 4. The average Bonchev–Trinajstić information content (AvgIpc) is 2.72. The summed E-state index contributed by atoms with van der Waals surface area (Å²) in [7, 11) is 1.86. The van der Waals surface area contributed by atoms with Crippen molar-refractivity contribution in [2.24, 2.45) is 4.99 Å². The Morgan fingerprint density at radius 3 is 2.63 bits per heavy atom. The number of thioether (sulfide) groups is 1. The van der Waals surface area contributed by atoms with Gasteiger partial charge in [-0.15, -0.1) is 24.0 Å². The van der Waals surface area contributed by atoms with E-state index >= 15 is 0 Å². The van der Waals surface area contributed by atoms with E-state index in [4.69, 9.17) is 0 Å². The second-order valence-corrected chi connectivity index (χ2v) is 8.53. The molecule has 2 fully saturated rings. The van der Waals surface area contributed by atoms with E-state index < -0.39 is 0 Å². The van der Waals surface area contributed by atoms with Crippen molar-refractivity contribution in [3.8, 4) is 0 Å². The lowest BCUT2D eigenvalue weighted by Gasteiger charge is -2.48. The van der Waals surface area contributed by atoms with Crippen LogP contribution >= 0.6 is 35.7 Å². The maximum Gasteiger partial charge on any atom is 0.191 e. The van der Waals surface area contributed by atoms with E-state index in [9.17, 15) is 0 Å². The number of guanidine groups is 1. The van der Waals surface area contributed by atoms with Gasteiger partial charge in [-0.1, -0.05) is 25.3 Å². The maximum atomic E-state index is 4.43. The van der Waals surface area contributed by atoms with Crippen LogP contribution in [-0.2, 0) is 6.42 Å². The summed E-state index contributed by atoms with van der Waals surface area (Å²) in [5.74, 6) is 3.47. The number of rotatable bonds is 6. The van der Waals surface area contributed by atoms with E-state index in [0.29, 0.717) is 5.54 Å². The van der Waals surface area contributed by atoms with Gasteiger partial charge in [-0.25, -0.2) is 0 Å². The second-order valence-electron chi connectivity index (χ2n) is 7.31. The zero-order chi connectivity index (χ0) is 18.1. The molecule has 0 atom stereocenters. The van der Waals surface area contributed by atoms with Crippen LogP contribution in [0.4, 0.5) is 0 Å². The summed E-state index contributed by atoms with van der Waals surface area (Å²) in [5.41, 5.74) is 1.43. The van der Waals surface area contributed by atoms with Gasteiger partial charge >= 0.3 is 0 Å². The van der Waals surface area contributed by atoms with Gasteiger partial charge in [-0.2, -0.15) is 11.8 Å². The Morgan fingerprint density at radius 2 is 1.96 bits per heavy atom. The molecule has 27 heavy (non-hydrogen) atoms. The highest BCUT2D eigenvalue weighted by molar-refractivity contribution is 14.0. The number of aromatic nitrogens is 1. The van der Waals surface area contributed by atoms with Crippen molar-refractivity contribution in [1.29, 1.82) is 0 Å². The summed E-state index contributed by atoms with van der Waals surface area (Å²) in [6.45, 7) is 4.32. The fourth-order valence-corrected chi connectivity index (χ4v) is 5.08. The summed E-state index contributed by atoms with van der Waals surface area (Å²) < 4.78 is 0. The molecule has 1 aliphatic carbocycles. The predicted molar refractivity (Wildman–Crippen MR) is 127 cm³/mol. The SMILES string of the molecule is CN=C(NCCc1ccccn1)NCC1(N2CCSCC2)CCCCC1.I. The van der Waals surface area contributed by atoms with Crippen molar-refractivity contribution < 1.29 is 0 Å². The lowest BCUT2D eigenvalue weighted by Crippen LogP contribution is -2.59. The molecule has 2 heterocycles. The van der Waals surface area contributed by atoms with Crippen LogP contribution in [0, 0.1) is 0 Å². The Morgan fingerprint density at radius 1 is 1.19 bits per heavy atom. The zero-order valence-corrected chi connectivity index (χ0v) is 19.6. The van der Waals surface area contributed by atoms with E-state index in [-0.39, 0.29) is 24.0 Å². The van der Waals surface area contributed by atoms with Gasteiger partial charge in [0.1, 0.15) is 0 Å². The van der Waals surface area contributed by atoms with Gasteiger partial charge in [0.25, 0.3) is 0 Å². The quantitative estimate of drug-likeness (QED) is 0.355. The summed E-state index contributed by atoms with van der Waals surface area (Å²) in [5, 5.41) is 7.09. The summed E-state index contributed by atoms with van der Waals surface area (Å²) in [6, 6.07) is 6.07. The van der Waals surface area contributed by atoms with Crippen molar-refractivity contribution >= 4 is 41.7 Å². The first-order valence-electron chi connectivity index (χ1n) is 10.00. The maximum absolute atomic E-state index is 4.43. The Kier molecular flexibility index (Phi) is 10.2. The Hall–Kier alpha value is -0.540. The minimum absolute atomic E-state index is 0. The first-order valence-corrected chi connectivity index (χ1v) is 11.2. The minimum atomic E-state index is 0. The molecule has 152 valence electrons. The first kappa shape index (κ1) is 22.7. The largest absolute Gasteiger partial charge is 0.356 e. The molecular formula is C20H34IN5S. The molecule has 1 aliphatic heterocycles. The van der Waals surface area contributed by atoms with Crippen molar-refractivity contribution in [2.45, 2.75) is 44.1 Å². The van der Waals surface area contributed by atoms with E-state index in [0.717, 1.165) is 31.2 Å². The molecule has 5 nitrogen and oxygen atoms in total. The van der Waals surface area contributed by atoms with Gasteiger partial charge in [0.05, 0.1) is 0 Å². The van der Waals surface area contributed by atoms with Crippen molar-refractivity contribution in [1.82, 2.24) is 20.5 Å². The van der Waals surface area contributed by atoms with Crippen LogP contribution in [0.3, 0.4) is 0 Å². The Bertz CT molecular complexity index is 557. The van der Waals surface area contributed by atoms with Crippen LogP contribution in [0.2, 0.25) is 0 Å². The van der Waals surface area contributed by atoms with Gasteiger partial charge in [0, 0.05) is 68.6 Å². The second kappa shape index (κ2) is 12.1. The molecule has 2 N–H and O–H groups in total. The summed E-state index contributed by atoms with van der Waals surface area (Å²) in [6.07, 6.45) is 9.50. The molecule has 1 saturated heterocycles. The van der Waals surface area contributed by atoms with E-state index in [1.807, 2.05) is 25.4 Å². The Labute approximate surface area is 185 Å². The van der Waals surface area contributed by atoms with Gasteiger partial charge in [-0.05, 0) is 25.0 Å². The van der Waals surface area contributed by atoms with E-state index in [1.54, 1.807) is 0 Å². The van der Waals surface area contributed by atoms with Crippen molar-refractivity contribution in [3.05, 3.63) is 30.1 Å². The first-order chi connectivity index (χ1) is 12.8. The van der Waals surface area contributed by atoms with Crippen LogP contribution < -0.4 is 10.6 Å². The third kappa shape index (κ3) is 6.78.